The fourth-order valence-electron chi connectivity index (χ4n) is 2.61. The number of carbonyl (C=O) groups is 1. The van der Waals surface area contributed by atoms with Crippen molar-refractivity contribution in [1.29, 1.82) is 0 Å². The number of hydrogen-bond acceptors (Lipinski definition) is 6. The SMILES string of the molecule is CCOC(=O)c1ccc(S(=O)(=O)N[C@H](C)c2ccc3c(c2)OCO3)c(Br)c1. The molecule has 2 aromatic rings. The molecule has 1 N–H and O–H groups in total. The summed E-state index contributed by atoms with van der Waals surface area (Å²) < 4.78 is 43.9. The van der Waals surface area contributed by atoms with E-state index >= 15 is 0 Å². The highest BCUT2D eigenvalue weighted by Crippen LogP contribution is 2.34. The third-order valence-corrected chi connectivity index (χ3v) is 6.48. The van der Waals surface area contributed by atoms with Gasteiger partial charge < -0.3 is 14.2 Å². The zero-order valence-electron chi connectivity index (χ0n) is 14.7. The normalized spacial score (nSPS) is 14.0. The highest BCUT2D eigenvalue weighted by atomic mass is 79.9. The van der Waals surface area contributed by atoms with Gasteiger partial charge in [0, 0.05) is 10.5 Å². The van der Waals surface area contributed by atoms with Gasteiger partial charge in [0.15, 0.2) is 11.5 Å². The molecule has 0 aromatic heterocycles. The predicted octanol–water partition coefficient (Wildman–Crippen LogP) is 3.39. The number of benzene rings is 2. The second kappa shape index (κ2) is 7.87. The molecule has 27 heavy (non-hydrogen) atoms. The Morgan fingerprint density at radius 2 is 1.96 bits per heavy atom. The van der Waals surface area contributed by atoms with Crippen LogP contribution in [-0.4, -0.2) is 27.8 Å². The van der Waals surface area contributed by atoms with Gasteiger partial charge in [-0.1, -0.05) is 6.07 Å². The number of ether oxygens (including phenoxy) is 3. The molecule has 0 amide bonds. The van der Waals surface area contributed by atoms with E-state index in [9.17, 15) is 13.2 Å². The lowest BCUT2D eigenvalue weighted by Crippen LogP contribution is -2.27. The lowest BCUT2D eigenvalue weighted by Gasteiger charge is -2.16. The molecule has 1 aliphatic rings. The first-order chi connectivity index (χ1) is 12.8. The van der Waals surface area contributed by atoms with Gasteiger partial charge in [-0.3, -0.25) is 0 Å². The second-order valence-electron chi connectivity index (χ2n) is 5.82. The summed E-state index contributed by atoms with van der Waals surface area (Å²) >= 11 is 3.23. The van der Waals surface area contributed by atoms with Crippen molar-refractivity contribution in [2.75, 3.05) is 13.4 Å². The Kier molecular flexibility index (Phi) is 5.73. The van der Waals surface area contributed by atoms with E-state index in [0.717, 1.165) is 5.56 Å². The quantitative estimate of drug-likeness (QED) is 0.671. The molecule has 2 aromatic carbocycles. The van der Waals surface area contributed by atoms with Gasteiger partial charge in [-0.05, 0) is 65.7 Å². The molecular weight excluding hydrogens is 438 g/mol. The van der Waals surface area contributed by atoms with Crippen LogP contribution in [0.4, 0.5) is 0 Å². The van der Waals surface area contributed by atoms with Gasteiger partial charge in [0.2, 0.25) is 16.8 Å². The molecule has 9 heteroatoms. The average Bonchev–Trinajstić information content (AvgIpc) is 3.08. The van der Waals surface area contributed by atoms with Crippen molar-refractivity contribution in [2.45, 2.75) is 24.8 Å². The zero-order chi connectivity index (χ0) is 19.6. The summed E-state index contributed by atoms with van der Waals surface area (Å²) in [6, 6.07) is 8.98. The van der Waals surface area contributed by atoms with Crippen LogP contribution >= 0.6 is 15.9 Å². The van der Waals surface area contributed by atoms with Gasteiger partial charge in [0.05, 0.1) is 17.1 Å². The zero-order valence-corrected chi connectivity index (χ0v) is 17.1. The van der Waals surface area contributed by atoms with E-state index in [1.165, 1.54) is 18.2 Å². The molecule has 1 heterocycles. The largest absolute Gasteiger partial charge is 0.462 e. The van der Waals surface area contributed by atoms with Crippen LogP contribution in [-0.2, 0) is 14.8 Å². The summed E-state index contributed by atoms with van der Waals surface area (Å²) in [6.45, 7) is 3.83. The Morgan fingerprint density at radius 1 is 1.22 bits per heavy atom. The number of halogens is 1. The molecule has 1 aliphatic heterocycles. The molecule has 0 saturated heterocycles. The highest BCUT2D eigenvalue weighted by molar-refractivity contribution is 9.10. The van der Waals surface area contributed by atoms with E-state index in [1.807, 2.05) is 0 Å². The van der Waals surface area contributed by atoms with E-state index < -0.39 is 22.0 Å². The van der Waals surface area contributed by atoms with E-state index in [2.05, 4.69) is 20.7 Å². The molecule has 0 radical (unpaired) electrons. The van der Waals surface area contributed by atoms with E-state index in [4.69, 9.17) is 14.2 Å². The fraction of sp³-hybridized carbons (Fsp3) is 0.278. The Bertz CT molecular complexity index is 976. The molecule has 0 bridgehead atoms. The van der Waals surface area contributed by atoms with Crippen LogP contribution in [0.5, 0.6) is 11.5 Å². The fourth-order valence-corrected chi connectivity index (χ4v) is 4.92. The van der Waals surface area contributed by atoms with Crippen molar-refractivity contribution in [2.24, 2.45) is 0 Å². The van der Waals surface area contributed by atoms with E-state index in [0.29, 0.717) is 11.5 Å². The molecule has 0 saturated carbocycles. The van der Waals surface area contributed by atoms with Crippen molar-refractivity contribution in [3.05, 3.63) is 52.0 Å². The van der Waals surface area contributed by atoms with Gasteiger partial charge in [-0.25, -0.2) is 17.9 Å². The summed E-state index contributed by atoms with van der Waals surface area (Å²) in [5.41, 5.74) is 1.01. The van der Waals surface area contributed by atoms with Crippen LogP contribution in [0, 0.1) is 0 Å². The highest BCUT2D eigenvalue weighted by Gasteiger charge is 2.23. The van der Waals surface area contributed by atoms with Crippen LogP contribution < -0.4 is 14.2 Å². The van der Waals surface area contributed by atoms with Crippen LogP contribution in [0.15, 0.2) is 45.8 Å². The summed E-state index contributed by atoms with van der Waals surface area (Å²) in [6.07, 6.45) is 0. The lowest BCUT2D eigenvalue weighted by molar-refractivity contribution is 0.0526. The van der Waals surface area contributed by atoms with Crippen molar-refractivity contribution in [3.63, 3.8) is 0 Å². The van der Waals surface area contributed by atoms with Crippen LogP contribution in [0.1, 0.15) is 35.8 Å². The van der Waals surface area contributed by atoms with Crippen molar-refractivity contribution >= 4 is 31.9 Å². The minimum Gasteiger partial charge on any atom is -0.462 e. The Morgan fingerprint density at radius 3 is 2.67 bits per heavy atom. The topological polar surface area (TPSA) is 90.9 Å². The number of fused-ring (bicyclic) bond motifs is 1. The number of sulfonamides is 1. The summed E-state index contributed by atoms with van der Waals surface area (Å²) in [4.78, 5) is 11.8. The molecular formula is C18H18BrNO6S. The molecule has 144 valence electrons. The maximum absolute atomic E-state index is 12.8. The number of carbonyl (C=O) groups excluding carboxylic acids is 1. The van der Waals surface area contributed by atoms with E-state index in [1.54, 1.807) is 32.0 Å². The molecule has 0 unspecified atom stereocenters. The first kappa shape index (κ1) is 19.7. The third-order valence-electron chi connectivity index (χ3n) is 3.96. The minimum absolute atomic E-state index is 0.0307. The molecule has 1 atom stereocenters. The smallest absolute Gasteiger partial charge is 0.338 e. The first-order valence-corrected chi connectivity index (χ1v) is 10.5. The average molecular weight is 456 g/mol. The van der Waals surface area contributed by atoms with Gasteiger partial charge in [0.25, 0.3) is 0 Å². The maximum Gasteiger partial charge on any atom is 0.338 e. The summed E-state index contributed by atoms with van der Waals surface area (Å²) in [5, 5.41) is 0. The van der Waals surface area contributed by atoms with Crippen LogP contribution in [0.25, 0.3) is 0 Å². The monoisotopic (exact) mass is 455 g/mol. The molecule has 0 spiro atoms. The first-order valence-electron chi connectivity index (χ1n) is 8.20. The predicted molar refractivity (Wildman–Crippen MR) is 101 cm³/mol. The lowest BCUT2D eigenvalue weighted by atomic mass is 10.1. The summed E-state index contributed by atoms with van der Waals surface area (Å²) in [5.74, 6) is 0.702. The maximum atomic E-state index is 12.8. The van der Waals surface area contributed by atoms with E-state index in [-0.39, 0.29) is 28.3 Å². The Labute approximate surface area is 165 Å². The second-order valence-corrected chi connectivity index (χ2v) is 8.36. The number of hydrogen-bond donors (Lipinski definition) is 1. The number of rotatable bonds is 6. The van der Waals surface area contributed by atoms with Crippen LogP contribution in [0.2, 0.25) is 0 Å². The number of nitrogens with one attached hydrogen (secondary N) is 1. The van der Waals surface area contributed by atoms with Gasteiger partial charge in [0.1, 0.15) is 0 Å². The minimum atomic E-state index is -3.83. The Balaban J connectivity index is 1.81. The van der Waals surface area contributed by atoms with Crippen LogP contribution in [0.3, 0.4) is 0 Å². The van der Waals surface area contributed by atoms with Gasteiger partial charge in [-0.2, -0.15) is 0 Å². The molecule has 7 nitrogen and oxygen atoms in total. The van der Waals surface area contributed by atoms with Crippen molar-refractivity contribution < 1.29 is 27.4 Å². The molecule has 0 aliphatic carbocycles. The molecule has 0 fully saturated rings. The molecule has 3 rings (SSSR count). The summed E-state index contributed by atoms with van der Waals surface area (Å²) in [7, 11) is -3.83. The van der Waals surface area contributed by atoms with Crippen molar-refractivity contribution in [3.8, 4) is 11.5 Å². The standard InChI is InChI=1S/C18H18BrNO6S/c1-3-24-18(21)13-5-7-17(14(19)8-13)27(22,23)20-11(2)12-4-6-15-16(9-12)26-10-25-15/h4-9,11,20H,3,10H2,1-2H3/t11-/m1/s1. The third kappa shape index (κ3) is 4.26. The number of esters is 1. The van der Waals surface area contributed by atoms with Gasteiger partial charge in [-0.15, -0.1) is 0 Å². The van der Waals surface area contributed by atoms with Gasteiger partial charge >= 0.3 is 5.97 Å². The van der Waals surface area contributed by atoms with Crippen molar-refractivity contribution in [1.82, 2.24) is 4.72 Å². The Hall–Kier alpha value is -2.10.